The van der Waals surface area contributed by atoms with Crippen molar-refractivity contribution in [2.24, 2.45) is 5.73 Å². The highest BCUT2D eigenvalue weighted by molar-refractivity contribution is 7.17. The van der Waals surface area contributed by atoms with Gasteiger partial charge in [-0.25, -0.2) is 4.57 Å². The van der Waals surface area contributed by atoms with Gasteiger partial charge in [-0.1, -0.05) is 0 Å². The zero-order valence-electron chi connectivity index (χ0n) is 3.66. The van der Waals surface area contributed by atoms with Gasteiger partial charge in [0.25, 0.3) is 0 Å². The van der Waals surface area contributed by atoms with Crippen LogP contribution in [0.3, 0.4) is 0 Å². The molecule has 5 heteroatoms. The second-order valence-electron chi connectivity index (χ2n) is 0.692. The number of nitrogens with two attached hydrogens (primary N) is 1. The molecule has 0 unspecified atom stereocenters. The van der Waals surface area contributed by atoms with Crippen LogP contribution in [0.25, 0.3) is 0 Å². The zero-order valence-corrected chi connectivity index (χ0v) is 4.56. The minimum absolute atomic E-state index is 0.0123. The van der Waals surface area contributed by atoms with Gasteiger partial charge in [-0.05, 0) is 0 Å². The van der Waals surface area contributed by atoms with Crippen molar-refractivity contribution >= 4 is 8.69 Å². The van der Waals surface area contributed by atoms with E-state index in [-0.39, 0.29) is 22.2 Å². The second kappa shape index (κ2) is 5.98. The van der Waals surface area contributed by atoms with Crippen LogP contribution in [0.15, 0.2) is 0 Å². The molecule has 7 heavy (non-hydrogen) atoms. The molecule has 0 aliphatic heterocycles. The highest BCUT2D eigenvalue weighted by Gasteiger charge is 1.78. The van der Waals surface area contributed by atoms with Crippen molar-refractivity contribution in [3.05, 3.63) is 0 Å². The van der Waals surface area contributed by atoms with Gasteiger partial charge in [0.15, 0.2) is 6.79 Å². The van der Waals surface area contributed by atoms with E-state index >= 15 is 0 Å². The van der Waals surface area contributed by atoms with E-state index in [0.29, 0.717) is 0 Å². The summed E-state index contributed by atoms with van der Waals surface area (Å²) in [5.41, 5.74) is 4.86. The van der Waals surface area contributed by atoms with Crippen LogP contribution in [0.5, 0.6) is 0 Å². The number of rotatable bonds is 4. The molecule has 42 valence electrons. The van der Waals surface area contributed by atoms with E-state index in [0.717, 1.165) is 0 Å². The molecule has 0 spiro atoms. The van der Waals surface area contributed by atoms with E-state index in [1.165, 1.54) is 0 Å². The molecule has 0 bridgehead atoms. The predicted octanol–water partition coefficient (Wildman–Crippen LogP) is 0.1000. The summed E-state index contributed by atoms with van der Waals surface area (Å²) >= 11 is 0. The molecular weight excluding hydrogens is 117 g/mol. The van der Waals surface area contributed by atoms with E-state index in [2.05, 4.69) is 9.26 Å². The average Bonchev–Trinajstić information content (AvgIpc) is 1.69. The Morgan fingerprint density at radius 3 is 2.86 bits per heavy atom. The summed E-state index contributed by atoms with van der Waals surface area (Å²) < 4.78 is 18.0. The number of hydrogen-bond acceptors (Lipinski definition) is 4. The molecule has 0 aliphatic carbocycles. The Kier molecular flexibility index (Phi) is 5.96. The Bertz CT molecular complexity index is 50.2. The summed E-state index contributed by atoms with van der Waals surface area (Å²) in [6, 6.07) is 0. The van der Waals surface area contributed by atoms with E-state index in [1.54, 1.807) is 0 Å². The molecule has 0 aromatic heterocycles. The quantitative estimate of drug-likeness (QED) is 0.327. The number of hydrogen-bond donors (Lipinski definition) is 1. The molecule has 0 aromatic rings. The van der Waals surface area contributed by atoms with Crippen LogP contribution in [-0.4, -0.2) is 13.5 Å². The normalized spacial score (nSPS) is 9.86. The minimum atomic E-state index is -0.376. The van der Waals surface area contributed by atoms with E-state index < -0.39 is 0 Å². The lowest BCUT2D eigenvalue weighted by Crippen LogP contribution is -2.04. The third-order valence-electron chi connectivity index (χ3n) is 0.307. The first-order valence-corrected chi connectivity index (χ1v) is 2.37. The first-order valence-electron chi connectivity index (χ1n) is 1.64. The van der Waals surface area contributed by atoms with Gasteiger partial charge in [-0.2, -0.15) is 0 Å². The summed E-state index contributed by atoms with van der Waals surface area (Å²) in [4.78, 5) is 0. The SMILES string of the molecule is NCOCOP=O. The summed E-state index contributed by atoms with van der Waals surface area (Å²) in [5, 5.41) is 0. The van der Waals surface area contributed by atoms with Crippen molar-refractivity contribution in [1.29, 1.82) is 0 Å². The van der Waals surface area contributed by atoms with Crippen molar-refractivity contribution in [2.45, 2.75) is 0 Å². The fraction of sp³-hybridized carbons (Fsp3) is 1.00. The molecular formula is C2H6NO3P. The molecule has 0 amide bonds. The van der Waals surface area contributed by atoms with Gasteiger partial charge in [0.2, 0.25) is 0 Å². The largest absolute Gasteiger partial charge is 0.340 e. The van der Waals surface area contributed by atoms with Gasteiger partial charge >= 0.3 is 8.69 Å². The van der Waals surface area contributed by atoms with Gasteiger partial charge < -0.3 is 10.5 Å². The van der Waals surface area contributed by atoms with Crippen LogP contribution in [0.4, 0.5) is 0 Å². The molecule has 0 radical (unpaired) electrons. The minimum Gasteiger partial charge on any atom is -0.340 e. The maximum absolute atomic E-state index is 9.43. The second-order valence-corrected chi connectivity index (χ2v) is 1.10. The van der Waals surface area contributed by atoms with E-state index in [9.17, 15) is 4.57 Å². The Morgan fingerprint density at radius 2 is 2.43 bits per heavy atom. The molecule has 0 saturated heterocycles. The highest BCUT2D eigenvalue weighted by Crippen LogP contribution is 1.91. The van der Waals surface area contributed by atoms with Crippen molar-refractivity contribution in [2.75, 3.05) is 13.5 Å². The lowest BCUT2D eigenvalue weighted by atomic mass is 11.3. The van der Waals surface area contributed by atoms with Crippen LogP contribution < -0.4 is 5.73 Å². The topological polar surface area (TPSA) is 61.6 Å². The Morgan fingerprint density at radius 1 is 1.71 bits per heavy atom. The van der Waals surface area contributed by atoms with Gasteiger partial charge in [-0.3, -0.25) is 4.52 Å². The molecule has 4 nitrogen and oxygen atoms in total. The van der Waals surface area contributed by atoms with Crippen molar-refractivity contribution in [1.82, 2.24) is 0 Å². The van der Waals surface area contributed by atoms with Gasteiger partial charge in [-0.15, -0.1) is 0 Å². The number of ether oxygens (including phenoxy) is 1. The van der Waals surface area contributed by atoms with Crippen molar-refractivity contribution in [3.63, 3.8) is 0 Å². The molecule has 0 saturated carbocycles. The molecule has 0 rings (SSSR count). The van der Waals surface area contributed by atoms with Crippen LogP contribution in [0, 0.1) is 0 Å². The fourth-order valence-corrected chi connectivity index (χ4v) is 0.224. The summed E-state index contributed by atoms with van der Waals surface area (Å²) in [7, 11) is -0.376. The lowest BCUT2D eigenvalue weighted by Gasteiger charge is -1.91. The van der Waals surface area contributed by atoms with Crippen LogP contribution in [-0.2, 0) is 13.8 Å². The van der Waals surface area contributed by atoms with Crippen molar-refractivity contribution in [3.8, 4) is 0 Å². The lowest BCUT2D eigenvalue weighted by molar-refractivity contribution is 0.0267. The van der Waals surface area contributed by atoms with Gasteiger partial charge in [0.1, 0.15) is 0 Å². The monoisotopic (exact) mass is 123 g/mol. The van der Waals surface area contributed by atoms with E-state index in [4.69, 9.17) is 5.73 Å². The zero-order chi connectivity index (χ0) is 5.54. The third kappa shape index (κ3) is 5.98. The van der Waals surface area contributed by atoms with E-state index in [1.807, 2.05) is 0 Å². The first-order chi connectivity index (χ1) is 3.41. The summed E-state index contributed by atoms with van der Waals surface area (Å²) in [6.07, 6.45) is 0. The smallest absolute Gasteiger partial charge is 0.329 e. The van der Waals surface area contributed by atoms with Crippen LogP contribution in [0.2, 0.25) is 0 Å². The highest BCUT2D eigenvalue weighted by atomic mass is 31.1. The molecule has 0 aromatic carbocycles. The Labute approximate surface area is 42.9 Å². The fourth-order valence-electron chi connectivity index (χ4n) is 0.107. The van der Waals surface area contributed by atoms with Crippen molar-refractivity contribution < 1.29 is 13.8 Å². The van der Waals surface area contributed by atoms with Crippen LogP contribution >= 0.6 is 8.69 Å². The average molecular weight is 123 g/mol. The Hall–Kier alpha value is -0.0200. The Balaban J connectivity index is 2.56. The molecule has 0 atom stereocenters. The third-order valence-corrected chi connectivity index (χ3v) is 0.517. The van der Waals surface area contributed by atoms with Crippen LogP contribution in [0.1, 0.15) is 0 Å². The molecule has 0 fully saturated rings. The molecule has 0 heterocycles. The predicted molar refractivity (Wildman–Crippen MR) is 23.7 cm³/mol. The summed E-state index contributed by atoms with van der Waals surface area (Å²) in [6.45, 7) is 0.0804. The maximum atomic E-state index is 9.43. The maximum Gasteiger partial charge on any atom is 0.329 e. The van der Waals surface area contributed by atoms with Gasteiger partial charge in [0, 0.05) is 0 Å². The first kappa shape index (κ1) is 6.98. The summed E-state index contributed by atoms with van der Waals surface area (Å²) in [5.74, 6) is 0. The van der Waals surface area contributed by atoms with Gasteiger partial charge in [0.05, 0.1) is 6.73 Å². The molecule has 2 N–H and O–H groups in total. The standard InChI is InChI=1S/C2H6NO3P/c3-1-5-2-6-7-4/h1-3H2. The molecule has 0 aliphatic rings.